The van der Waals surface area contributed by atoms with Crippen LogP contribution in [0.2, 0.25) is 0 Å². The first-order chi connectivity index (χ1) is 12.7. The molecule has 0 fully saturated rings. The number of hydrazone groups is 1. The third kappa shape index (κ3) is 3.23. The van der Waals surface area contributed by atoms with Crippen LogP contribution in [0.4, 0.5) is 0 Å². The highest BCUT2D eigenvalue weighted by Crippen LogP contribution is 2.25. The lowest BCUT2D eigenvalue weighted by atomic mass is 9.94. The summed E-state index contributed by atoms with van der Waals surface area (Å²) >= 11 is 0. The molecule has 0 aliphatic heterocycles. The van der Waals surface area contributed by atoms with Crippen LogP contribution in [0.5, 0.6) is 0 Å². The number of hydrogen-bond acceptors (Lipinski definition) is 5. The van der Waals surface area contributed by atoms with Crippen molar-refractivity contribution in [1.82, 2.24) is 25.2 Å². The van der Waals surface area contributed by atoms with Gasteiger partial charge in [-0.2, -0.15) is 10.2 Å². The van der Waals surface area contributed by atoms with Gasteiger partial charge in [0, 0.05) is 24.9 Å². The number of carbonyl (C=O) groups is 1. The van der Waals surface area contributed by atoms with E-state index in [1.807, 2.05) is 24.4 Å². The van der Waals surface area contributed by atoms with E-state index in [4.69, 9.17) is 4.98 Å². The standard InChI is InChI=1S/C19H18N6O/c1-13(26)23-24-18-6-2-4-14-7-8-17(22-19(14)18)15-10-21-25(12-15)16-5-3-9-20-11-16/h3,5,7-12H,2,4,6H2,1H3,(H,23,26). The zero-order valence-electron chi connectivity index (χ0n) is 14.4. The fraction of sp³-hybridized carbons (Fsp3) is 0.211. The van der Waals surface area contributed by atoms with Gasteiger partial charge in [-0.3, -0.25) is 9.78 Å². The van der Waals surface area contributed by atoms with Crippen molar-refractivity contribution in [3.8, 4) is 16.9 Å². The number of amides is 1. The fourth-order valence-electron chi connectivity index (χ4n) is 3.01. The monoisotopic (exact) mass is 346 g/mol. The van der Waals surface area contributed by atoms with Crippen LogP contribution in [0.1, 0.15) is 31.0 Å². The van der Waals surface area contributed by atoms with Gasteiger partial charge >= 0.3 is 0 Å². The Hall–Kier alpha value is -3.35. The summed E-state index contributed by atoms with van der Waals surface area (Å²) in [6.45, 7) is 1.45. The van der Waals surface area contributed by atoms with E-state index in [0.717, 1.165) is 53.2 Å². The number of pyridine rings is 2. The summed E-state index contributed by atoms with van der Waals surface area (Å²) in [4.78, 5) is 20.1. The average molecular weight is 346 g/mol. The largest absolute Gasteiger partial charge is 0.274 e. The molecule has 1 aliphatic rings. The van der Waals surface area contributed by atoms with E-state index in [-0.39, 0.29) is 5.91 Å². The van der Waals surface area contributed by atoms with Crippen molar-refractivity contribution in [2.75, 3.05) is 0 Å². The lowest BCUT2D eigenvalue weighted by Crippen LogP contribution is -2.21. The number of hydrogen-bond donors (Lipinski definition) is 1. The lowest BCUT2D eigenvalue weighted by Gasteiger charge is -2.17. The van der Waals surface area contributed by atoms with E-state index in [1.165, 1.54) is 6.92 Å². The minimum Gasteiger partial charge on any atom is -0.274 e. The van der Waals surface area contributed by atoms with Gasteiger partial charge in [0.15, 0.2) is 0 Å². The molecule has 26 heavy (non-hydrogen) atoms. The maximum Gasteiger partial charge on any atom is 0.236 e. The molecule has 0 radical (unpaired) electrons. The summed E-state index contributed by atoms with van der Waals surface area (Å²) in [5.74, 6) is -0.182. The number of aryl methyl sites for hydroxylation is 1. The van der Waals surface area contributed by atoms with Crippen molar-refractivity contribution in [2.24, 2.45) is 5.10 Å². The maximum absolute atomic E-state index is 11.2. The normalized spacial score (nSPS) is 14.9. The van der Waals surface area contributed by atoms with Crippen molar-refractivity contribution in [3.63, 3.8) is 0 Å². The molecule has 0 aromatic carbocycles. The molecule has 130 valence electrons. The van der Waals surface area contributed by atoms with Crippen molar-refractivity contribution >= 4 is 11.6 Å². The van der Waals surface area contributed by atoms with Gasteiger partial charge in [-0.15, -0.1) is 0 Å². The Morgan fingerprint density at radius 3 is 2.96 bits per heavy atom. The second-order valence-corrected chi connectivity index (χ2v) is 6.17. The van der Waals surface area contributed by atoms with E-state index in [0.29, 0.717) is 0 Å². The quantitative estimate of drug-likeness (QED) is 0.739. The number of carbonyl (C=O) groups excluding carboxylic acids is 1. The Kier molecular flexibility index (Phi) is 4.27. The predicted octanol–water partition coefficient (Wildman–Crippen LogP) is 2.51. The third-order valence-corrected chi connectivity index (χ3v) is 4.25. The molecule has 3 aromatic heterocycles. The molecular weight excluding hydrogens is 328 g/mol. The van der Waals surface area contributed by atoms with Gasteiger partial charge in [-0.1, -0.05) is 6.07 Å². The van der Waals surface area contributed by atoms with Gasteiger partial charge in [-0.25, -0.2) is 15.1 Å². The van der Waals surface area contributed by atoms with Gasteiger partial charge in [0.25, 0.3) is 0 Å². The fourth-order valence-corrected chi connectivity index (χ4v) is 3.01. The predicted molar refractivity (Wildman–Crippen MR) is 97.9 cm³/mol. The highest BCUT2D eigenvalue weighted by atomic mass is 16.2. The first kappa shape index (κ1) is 16.1. The molecule has 0 spiro atoms. The molecule has 0 saturated heterocycles. The molecule has 0 atom stereocenters. The highest BCUT2D eigenvalue weighted by Gasteiger charge is 2.19. The van der Waals surface area contributed by atoms with E-state index in [2.05, 4.69) is 26.7 Å². The molecule has 3 aromatic rings. The lowest BCUT2D eigenvalue weighted by molar-refractivity contribution is -0.118. The topological polar surface area (TPSA) is 85.1 Å². The van der Waals surface area contributed by atoms with Gasteiger partial charge < -0.3 is 0 Å². The van der Waals surface area contributed by atoms with Gasteiger partial charge in [-0.05, 0) is 43.0 Å². The number of aromatic nitrogens is 4. The van der Waals surface area contributed by atoms with E-state index < -0.39 is 0 Å². The maximum atomic E-state index is 11.2. The van der Waals surface area contributed by atoms with E-state index >= 15 is 0 Å². The Bertz CT molecular complexity index is 977. The number of nitrogens with zero attached hydrogens (tertiary/aromatic N) is 5. The summed E-state index contributed by atoms with van der Waals surface area (Å²) in [6.07, 6.45) is 9.99. The molecule has 1 aliphatic carbocycles. The summed E-state index contributed by atoms with van der Waals surface area (Å²) in [7, 11) is 0. The minimum atomic E-state index is -0.182. The Balaban J connectivity index is 1.69. The molecule has 7 nitrogen and oxygen atoms in total. The van der Waals surface area contributed by atoms with E-state index in [1.54, 1.807) is 23.3 Å². The SMILES string of the molecule is CC(=O)NN=C1CCCc2ccc(-c3cnn(-c4cccnc4)c3)nc21. The molecule has 4 rings (SSSR count). The molecule has 1 amide bonds. The summed E-state index contributed by atoms with van der Waals surface area (Å²) in [5, 5.41) is 8.64. The molecular formula is C19H18N6O. The van der Waals surface area contributed by atoms with Crippen LogP contribution in [0.15, 0.2) is 54.2 Å². The van der Waals surface area contributed by atoms with Crippen LogP contribution in [-0.2, 0) is 11.2 Å². The zero-order valence-corrected chi connectivity index (χ0v) is 14.4. The van der Waals surface area contributed by atoms with Crippen LogP contribution in [0.3, 0.4) is 0 Å². The van der Waals surface area contributed by atoms with Crippen LogP contribution < -0.4 is 5.43 Å². The Morgan fingerprint density at radius 2 is 2.15 bits per heavy atom. The van der Waals surface area contributed by atoms with Gasteiger partial charge in [0.1, 0.15) is 0 Å². The second kappa shape index (κ2) is 6.87. The minimum absolute atomic E-state index is 0.182. The van der Waals surface area contributed by atoms with Crippen LogP contribution in [0.25, 0.3) is 16.9 Å². The molecule has 3 heterocycles. The van der Waals surface area contributed by atoms with Crippen molar-refractivity contribution in [3.05, 3.63) is 60.3 Å². The highest BCUT2D eigenvalue weighted by molar-refractivity contribution is 6.01. The van der Waals surface area contributed by atoms with Gasteiger partial charge in [0.2, 0.25) is 5.91 Å². The van der Waals surface area contributed by atoms with Crippen LogP contribution in [-0.4, -0.2) is 31.4 Å². The molecule has 0 saturated carbocycles. The van der Waals surface area contributed by atoms with E-state index in [9.17, 15) is 4.79 Å². The molecule has 0 unspecified atom stereocenters. The van der Waals surface area contributed by atoms with Crippen LogP contribution >= 0.6 is 0 Å². The van der Waals surface area contributed by atoms with Gasteiger partial charge in [0.05, 0.1) is 35.2 Å². The summed E-state index contributed by atoms with van der Waals surface area (Å²) in [5.41, 5.74) is 8.00. The third-order valence-electron chi connectivity index (χ3n) is 4.25. The first-order valence-electron chi connectivity index (χ1n) is 8.49. The van der Waals surface area contributed by atoms with Crippen molar-refractivity contribution in [1.29, 1.82) is 0 Å². The second-order valence-electron chi connectivity index (χ2n) is 6.17. The molecule has 1 N–H and O–H groups in total. The van der Waals surface area contributed by atoms with Crippen molar-refractivity contribution in [2.45, 2.75) is 26.2 Å². The molecule has 7 heteroatoms. The average Bonchev–Trinajstić information content (AvgIpc) is 3.17. The zero-order chi connectivity index (χ0) is 17.9. The summed E-state index contributed by atoms with van der Waals surface area (Å²) < 4.78 is 1.77. The Labute approximate surface area is 150 Å². The Morgan fingerprint density at radius 1 is 1.23 bits per heavy atom. The summed E-state index contributed by atoms with van der Waals surface area (Å²) in [6, 6.07) is 7.91. The van der Waals surface area contributed by atoms with Crippen molar-refractivity contribution < 1.29 is 4.79 Å². The van der Waals surface area contributed by atoms with Crippen LogP contribution in [0, 0.1) is 0 Å². The number of rotatable bonds is 3. The number of nitrogens with one attached hydrogen (secondary N) is 1. The smallest absolute Gasteiger partial charge is 0.236 e. The first-order valence-corrected chi connectivity index (χ1v) is 8.49. The number of fused-ring (bicyclic) bond motifs is 1. The molecule has 0 bridgehead atoms.